The molecule has 13 heavy (non-hydrogen) atoms. The maximum absolute atomic E-state index is 11.4. The summed E-state index contributed by atoms with van der Waals surface area (Å²) in [6.45, 7) is 0. The monoisotopic (exact) mass is 182 g/mol. The van der Waals surface area contributed by atoms with Gasteiger partial charge < -0.3 is 5.11 Å². The second kappa shape index (κ2) is 3.86. The number of aromatic hydroxyl groups is 1. The lowest BCUT2D eigenvalue weighted by atomic mass is 10.3. The van der Waals surface area contributed by atoms with Crippen molar-refractivity contribution in [3.05, 3.63) is 24.0 Å². The number of hydrogen-bond donors (Lipinski definition) is 1. The molecule has 0 aliphatic heterocycles. The van der Waals surface area contributed by atoms with E-state index < -0.39 is 5.91 Å². The van der Waals surface area contributed by atoms with Crippen molar-refractivity contribution >= 4 is 5.91 Å². The zero-order chi connectivity index (χ0) is 9.84. The van der Waals surface area contributed by atoms with E-state index >= 15 is 0 Å². The maximum Gasteiger partial charge on any atom is 0.299 e. The lowest BCUT2D eigenvalue weighted by Crippen LogP contribution is -2.26. The van der Waals surface area contributed by atoms with Gasteiger partial charge in [-0.25, -0.2) is 10.0 Å². The minimum absolute atomic E-state index is 0.0214. The predicted octanol–water partition coefficient (Wildman–Crippen LogP) is 0.421. The number of carbonyl (C=O) groups excluding carboxylic acids is 1. The van der Waals surface area contributed by atoms with Crippen LogP contribution in [-0.2, 0) is 4.84 Å². The lowest BCUT2D eigenvalue weighted by molar-refractivity contribution is -0.0762. The highest BCUT2D eigenvalue weighted by molar-refractivity contribution is 5.93. The van der Waals surface area contributed by atoms with Gasteiger partial charge in [-0.1, -0.05) is 0 Å². The molecule has 0 bridgehead atoms. The van der Waals surface area contributed by atoms with Crippen molar-refractivity contribution in [2.45, 2.75) is 0 Å². The summed E-state index contributed by atoms with van der Waals surface area (Å²) in [6, 6.07) is 2.93. The minimum Gasteiger partial charge on any atom is -0.505 e. The Morgan fingerprint density at radius 1 is 1.69 bits per heavy atom. The molecule has 0 saturated heterocycles. The second-order valence-corrected chi connectivity index (χ2v) is 2.36. The third-order valence-electron chi connectivity index (χ3n) is 1.55. The predicted molar refractivity (Wildman–Crippen MR) is 45.0 cm³/mol. The first kappa shape index (κ1) is 9.47. The van der Waals surface area contributed by atoms with Gasteiger partial charge in [-0.15, -0.1) is 0 Å². The molecule has 0 atom stereocenters. The highest BCUT2D eigenvalue weighted by atomic mass is 16.7. The molecule has 0 saturated carbocycles. The van der Waals surface area contributed by atoms with Gasteiger partial charge in [-0.3, -0.25) is 9.63 Å². The van der Waals surface area contributed by atoms with Crippen LogP contribution in [0.15, 0.2) is 18.3 Å². The van der Waals surface area contributed by atoms with Gasteiger partial charge >= 0.3 is 0 Å². The van der Waals surface area contributed by atoms with Crippen LogP contribution in [0.5, 0.6) is 5.75 Å². The third-order valence-corrected chi connectivity index (χ3v) is 1.55. The van der Waals surface area contributed by atoms with E-state index in [-0.39, 0.29) is 11.4 Å². The number of carbonyl (C=O) groups is 1. The number of aromatic nitrogens is 1. The SMILES string of the molecule is CON(C)C(=O)c1ncccc1O. The van der Waals surface area contributed by atoms with Crippen molar-refractivity contribution in [2.24, 2.45) is 0 Å². The molecular formula is C8H10N2O3. The fourth-order valence-electron chi connectivity index (χ4n) is 0.794. The normalized spacial score (nSPS) is 9.69. The quantitative estimate of drug-likeness (QED) is 0.673. The van der Waals surface area contributed by atoms with Crippen molar-refractivity contribution in [3.8, 4) is 5.75 Å². The van der Waals surface area contributed by atoms with Crippen LogP contribution in [0.2, 0.25) is 0 Å². The largest absolute Gasteiger partial charge is 0.505 e. The number of amides is 1. The van der Waals surface area contributed by atoms with Crippen molar-refractivity contribution < 1.29 is 14.7 Å². The molecule has 1 heterocycles. The molecule has 1 aromatic heterocycles. The van der Waals surface area contributed by atoms with Crippen LogP contribution in [0.3, 0.4) is 0 Å². The van der Waals surface area contributed by atoms with Gasteiger partial charge in [0, 0.05) is 13.2 Å². The molecule has 0 unspecified atom stereocenters. The zero-order valence-corrected chi connectivity index (χ0v) is 7.39. The van der Waals surface area contributed by atoms with E-state index in [1.165, 1.54) is 26.4 Å². The number of hydroxylamine groups is 2. The Labute approximate surface area is 75.5 Å². The van der Waals surface area contributed by atoms with Gasteiger partial charge in [0.15, 0.2) is 5.69 Å². The van der Waals surface area contributed by atoms with Crippen LogP contribution >= 0.6 is 0 Å². The fraction of sp³-hybridized carbons (Fsp3) is 0.250. The molecular weight excluding hydrogens is 172 g/mol. The summed E-state index contributed by atoms with van der Waals surface area (Å²) in [4.78, 5) is 19.8. The summed E-state index contributed by atoms with van der Waals surface area (Å²) < 4.78 is 0. The van der Waals surface area contributed by atoms with Crippen LogP contribution in [0.25, 0.3) is 0 Å². The number of pyridine rings is 1. The molecule has 0 fully saturated rings. The first-order chi connectivity index (χ1) is 6.16. The smallest absolute Gasteiger partial charge is 0.299 e. The lowest BCUT2D eigenvalue weighted by Gasteiger charge is -2.12. The summed E-state index contributed by atoms with van der Waals surface area (Å²) in [7, 11) is 2.80. The van der Waals surface area contributed by atoms with Crippen LogP contribution < -0.4 is 0 Å². The van der Waals surface area contributed by atoms with E-state index in [4.69, 9.17) is 0 Å². The van der Waals surface area contributed by atoms with E-state index in [2.05, 4.69) is 9.82 Å². The molecule has 0 aliphatic rings. The minimum atomic E-state index is -0.486. The standard InChI is InChI=1S/C8H10N2O3/c1-10(13-2)8(12)7-6(11)4-3-5-9-7/h3-5,11H,1-2H3. The second-order valence-electron chi connectivity index (χ2n) is 2.36. The average Bonchev–Trinajstić information content (AvgIpc) is 2.16. The number of nitrogens with zero attached hydrogens (tertiary/aromatic N) is 2. The van der Waals surface area contributed by atoms with Gasteiger partial charge in [0.05, 0.1) is 7.11 Å². The summed E-state index contributed by atoms with van der Waals surface area (Å²) in [5, 5.41) is 10.2. The molecule has 70 valence electrons. The average molecular weight is 182 g/mol. The summed E-state index contributed by atoms with van der Waals surface area (Å²) in [5.74, 6) is -0.642. The van der Waals surface area contributed by atoms with E-state index in [0.717, 1.165) is 5.06 Å². The zero-order valence-electron chi connectivity index (χ0n) is 7.39. The van der Waals surface area contributed by atoms with E-state index in [1.807, 2.05) is 0 Å². The topological polar surface area (TPSA) is 62.7 Å². The Kier molecular flexibility index (Phi) is 2.81. The fourth-order valence-corrected chi connectivity index (χ4v) is 0.794. The van der Waals surface area contributed by atoms with E-state index in [1.54, 1.807) is 6.07 Å². The Morgan fingerprint density at radius 3 is 2.92 bits per heavy atom. The molecule has 1 aromatic rings. The molecule has 1 amide bonds. The molecule has 0 radical (unpaired) electrons. The van der Waals surface area contributed by atoms with Crippen molar-refractivity contribution in [1.82, 2.24) is 10.0 Å². The summed E-state index contributed by atoms with van der Waals surface area (Å²) >= 11 is 0. The summed E-state index contributed by atoms with van der Waals surface area (Å²) in [5.41, 5.74) is -0.0214. The Morgan fingerprint density at radius 2 is 2.38 bits per heavy atom. The van der Waals surface area contributed by atoms with Crippen LogP contribution in [0.4, 0.5) is 0 Å². The number of rotatable bonds is 2. The van der Waals surface area contributed by atoms with Crippen molar-refractivity contribution in [2.75, 3.05) is 14.2 Å². The molecule has 5 nitrogen and oxygen atoms in total. The van der Waals surface area contributed by atoms with Crippen LogP contribution in [0, 0.1) is 0 Å². The molecule has 0 aromatic carbocycles. The molecule has 1 N–H and O–H groups in total. The molecule has 0 spiro atoms. The van der Waals surface area contributed by atoms with Gasteiger partial charge in [0.1, 0.15) is 5.75 Å². The van der Waals surface area contributed by atoms with Crippen molar-refractivity contribution in [1.29, 1.82) is 0 Å². The highest BCUT2D eigenvalue weighted by Crippen LogP contribution is 2.13. The molecule has 1 rings (SSSR count). The summed E-state index contributed by atoms with van der Waals surface area (Å²) in [6.07, 6.45) is 1.43. The Bertz CT molecular complexity index is 314. The Balaban J connectivity index is 2.95. The van der Waals surface area contributed by atoms with Crippen molar-refractivity contribution in [3.63, 3.8) is 0 Å². The van der Waals surface area contributed by atoms with Gasteiger partial charge in [0.2, 0.25) is 0 Å². The van der Waals surface area contributed by atoms with Gasteiger partial charge in [-0.2, -0.15) is 0 Å². The highest BCUT2D eigenvalue weighted by Gasteiger charge is 2.16. The van der Waals surface area contributed by atoms with E-state index in [9.17, 15) is 9.90 Å². The van der Waals surface area contributed by atoms with Crippen LogP contribution in [0.1, 0.15) is 10.5 Å². The first-order valence-electron chi connectivity index (χ1n) is 3.63. The van der Waals surface area contributed by atoms with Gasteiger partial charge in [-0.05, 0) is 12.1 Å². The molecule has 5 heteroatoms. The van der Waals surface area contributed by atoms with Crippen LogP contribution in [-0.4, -0.2) is 35.2 Å². The third kappa shape index (κ3) is 1.94. The van der Waals surface area contributed by atoms with E-state index in [0.29, 0.717) is 0 Å². The van der Waals surface area contributed by atoms with Gasteiger partial charge in [0.25, 0.3) is 5.91 Å². The first-order valence-corrected chi connectivity index (χ1v) is 3.63. The number of hydrogen-bond acceptors (Lipinski definition) is 4. The molecule has 0 aliphatic carbocycles. The Hall–Kier alpha value is -1.62. The maximum atomic E-state index is 11.4.